The summed E-state index contributed by atoms with van der Waals surface area (Å²) in [4.78, 5) is 7.27. The molecule has 1 saturated heterocycles. The van der Waals surface area contributed by atoms with Crippen molar-refractivity contribution in [1.82, 2.24) is 15.5 Å². The van der Waals surface area contributed by atoms with E-state index in [1.807, 2.05) is 30.3 Å². The van der Waals surface area contributed by atoms with Crippen LogP contribution in [0.15, 0.2) is 35.3 Å². The molecule has 1 aromatic rings. The van der Waals surface area contributed by atoms with E-state index in [1.165, 1.54) is 38.9 Å². The number of guanidine groups is 1. The standard InChI is InChI=1S/C20H34N4O/c1-4-13-24-14-11-18(12-15-24)23-20(21-5-2)22-16-17(3)25-19-9-7-6-8-10-19/h6-10,17-18H,4-5,11-16H2,1-3H3,(H2,21,22,23). The first kappa shape index (κ1) is 19.6. The van der Waals surface area contributed by atoms with Gasteiger partial charge in [0.05, 0.1) is 6.54 Å². The van der Waals surface area contributed by atoms with E-state index in [9.17, 15) is 0 Å². The Morgan fingerprint density at radius 3 is 2.60 bits per heavy atom. The lowest BCUT2D eigenvalue weighted by Gasteiger charge is -2.32. The highest BCUT2D eigenvalue weighted by atomic mass is 16.5. The number of likely N-dealkylation sites (tertiary alicyclic amines) is 1. The molecule has 1 fully saturated rings. The fraction of sp³-hybridized carbons (Fsp3) is 0.650. The predicted octanol–water partition coefficient (Wildman–Crippen LogP) is 2.88. The highest BCUT2D eigenvalue weighted by Crippen LogP contribution is 2.12. The highest BCUT2D eigenvalue weighted by molar-refractivity contribution is 5.80. The van der Waals surface area contributed by atoms with Gasteiger partial charge in [-0.3, -0.25) is 0 Å². The van der Waals surface area contributed by atoms with Gasteiger partial charge in [-0.15, -0.1) is 0 Å². The monoisotopic (exact) mass is 346 g/mol. The number of rotatable bonds is 8. The number of hydrogen-bond acceptors (Lipinski definition) is 3. The van der Waals surface area contributed by atoms with E-state index in [4.69, 9.17) is 9.73 Å². The second-order valence-corrected chi connectivity index (χ2v) is 6.72. The van der Waals surface area contributed by atoms with E-state index in [2.05, 4.69) is 36.3 Å². The summed E-state index contributed by atoms with van der Waals surface area (Å²) in [5.41, 5.74) is 0. The Kier molecular flexibility index (Phi) is 8.60. The Labute approximate surface area is 152 Å². The molecule has 2 rings (SSSR count). The Hall–Kier alpha value is -1.75. The maximum atomic E-state index is 5.90. The summed E-state index contributed by atoms with van der Waals surface area (Å²) in [6, 6.07) is 10.4. The molecule has 0 aromatic heterocycles. The predicted molar refractivity (Wildman–Crippen MR) is 105 cm³/mol. The maximum absolute atomic E-state index is 5.90. The number of nitrogens with zero attached hydrogens (tertiary/aromatic N) is 2. The fourth-order valence-corrected chi connectivity index (χ4v) is 3.12. The molecular formula is C20H34N4O. The lowest BCUT2D eigenvalue weighted by Crippen LogP contribution is -2.49. The van der Waals surface area contributed by atoms with Crippen molar-refractivity contribution < 1.29 is 4.74 Å². The van der Waals surface area contributed by atoms with E-state index < -0.39 is 0 Å². The Morgan fingerprint density at radius 1 is 1.24 bits per heavy atom. The minimum atomic E-state index is 0.0456. The summed E-state index contributed by atoms with van der Waals surface area (Å²) in [5.74, 6) is 1.80. The van der Waals surface area contributed by atoms with Crippen LogP contribution in [0, 0.1) is 0 Å². The van der Waals surface area contributed by atoms with Crippen molar-refractivity contribution in [3.05, 3.63) is 30.3 Å². The number of para-hydroxylation sites is 1. The van der Waals surface area contributed by atoms with Gasteiger partial charge in [0.25, 0.3) is 0 Å². The Balaban J connectivity index is 1.79. The molecule has 1 aliphatic rings. The van der Waals surface area contributed by atoms with Crippen molar-refractivity contribution in [2.45, 2.75) is 52.2 Å². The molecular weight excluding hydrogens is 312 g/mol. The van der Waals surface area contributed by atoms with Crippen LogP contribution in [0.5, 0.6) is 5.75 Å². The zero-order valence-electron chi connectivity index (χ0n) is 16.0. The number of aliphatic imine (C=N–C) groups is 1. The average Bonchev–Trinajstić information content (AvgIpc) is 2.63. The third-order valence-corrected chi connectivity index (χ3v) is 4.40. The number of piperidine rings is 1. The van der Waals surface area contributed by atoms with Crippen LogP contribution >= 0.6 is 0 Å². The largest absolute Gasteiger partial charge is 0.489 e. The second kappa shape index (κ2) is 11.0. The van der Waals surface area contributed by atoms with Crippen LogP contribution in [0.1, 0.15) is 40.0 Å². The lowest BCUT2D eigenvalue weighted by atomic mass is 10.1. The van der Waals surface area contributed by atoms with E-state index in [-0.39, 0.29) is 6.10 Å². The van der Waals surface area contributed by atoms with Gasteiger partial charge >= 0.3 is 0 Å². The number of ether oxygens (including phenoxy) is 1. The van der Waals surface area contributed by atoms with Gasteiger partial charge in [-0.1, -0.05) is 25.1 Å². The fourth-order valence-electron chi connectivity index (χ4n) is 3.12. The van der Waals surface area contributed by atoms with Crippen LogP contribution in [0.25, 0.3) is 0 Å². The second-order valence-electron chi connectivity index (χ2n) is 6.72. The zero-order valence-corrected chi connectivity index (χ0v) is 16.0. The van der Waals surface area contributed by atoms with Crippen molar-refractivity contribution in [3.8, 4) is 5.75 Å². The van der Waals surface area contributed by atoms with E-state index in [0.717, 1.165) is 18.3 Å². The van der Waals surface area contributed by atoms with Crippen LogP contribution in [0.4, 0.5) is 0 Å². The number of benzene rings is 1. The first-order chi connectivity index (χ1) is 12.2. The van der Waals surface area contributed by atoms with E-state index in [0.29, 0.717) is 12.6 Å². The molecule has 140 valence electrons. The van der Waals surface area contributed by atoms with Gasteiger partial charge in [0.1, 0.15) is 11.9 Å². The van der Waals surface area contributed by atoms with Crippen LogP contribution in [0.3, 0.4) is 0 Å². The van der Waals surface area contributed by atoms with E-state index in [1.54, 1.807) is 0 Å². The quantitative estimate of drug-likeness (QED) is 0.561. The van der Waals surface area contributed by atoms with Gasteiger partial charge in [0.2, 0.25) is 0 Å². The van der Waals surface area contributed by atoms with E-state index >= 15 is 0 Å². The van der Waals surface area contributed by atoms with Gasteiger partial charge in [0.15, 0.2) is 5.96 Å². The number of hydrogen-bond donors (Lipinski definition) is 2. The molecule has 1 unspecified atom stereocenters. The highest BCUT2D eigenvalue weighted by Gasteiger charge is 2.19. The number of nitrogens with one attached hydrogen (secondary N) is 2. The van der Waals surface area contributed by atoms with Crippen molar-refractivity contribution in [3.63, 3.8) is 0 Å². The molecule has 25 heavy (non-hydrogen) atoms. The Morgan fingerprint density at radius 2 is 1.96 bits per heavy atom. The van der Waals surface area contributed by atoms with Crippen LogP contribution in [0.2, 0.25) is 0 Å². The first-order valence-electron chi connectivity index (χ1n) is 9.70. The topological polar surface area (TPSA) is 48.9 Å². The third-order valence-electron chi connectivity index (χ3n) is 4.40. The summed E-state index contributed by atoms with van der Waals surface area (Å²) >= 11 is 0. The molecule has 0 saturated carbocycles. The summed E-state index contributed by atoms with van der Waals surface area (Å²) in [5, 5.41) is 6.95. The third kappa shape index (κ3) is 7.34. The molecule has 0 bridgehead atoms. The molecule has 1 aromatic carbocycles. The minimum Gasteiger partial charge on any atom is -0.489 e. The van der Waals surface area contributed by atoms with Crippen LogP contribution in [-0.4, -0.2) is 55.7 Å². The molecule has 0 aliphatic carbocycles. The lowest BCUT2D eigenvalue weighted by molar-refractivity contribution is 0.206. The van der Waals surface area contributed by atoms with Gasteiger partial charge < -0.3 is 20.3 Å². The molecule has 0 radical (unpaired) electrons. The van der Waals surface area contributed by atoms with Crippen molar-refractivity contribution in [2.75, 3.05) is 32.7 Å². The maximum Gasteiger partial charge on any atom is 0.191 e. The summed E-state index contributed by atoms with van der Waals surface area (Å²) in [6.07, 6.45) is 3.65. The van der Waals surface area contributed by atoms with Crippen LogP contribution < -0.4 is 15.4 Å². The molecule has 5 nitrogen and oxygen atoms in total. The molecule has 0 spiro atoms. The molecule has 1 heterocycles. The summed E-state index contributed by atoms with van der Waals surface area (Å²) in [6.45, 7) is 11.5. The minimum absolute atomic E-state index is 0.0456. The molecule has 1 aliphatic heterocycles. The normalized spacial score (nSPS) is 18.0. The van der Waals surface area contributed by atoms with Crippen LogP contribution in [-0.2, 0) is 0 Å². The first-order valence-corrected chi connectivity index (χ1v) is 9.70. The summed E-state index contributed by atoms with van der Waals surface area (Å²) in [7, 11) is 0. The van der Waals surface area contributed by atoms with Gasteiger partial charge in [-0.2, -0.15) is 0 Å². The van der Waals surface area contributed by atoms with Gasteiger partial charge in [-0.25, -0.2) is 4.99 Å². The molecule has 2 N–H and O–H groups in total. The molecule has 1 atom stereocenters. The van der Waals surface area contributed by atoms with Crippen molar-refractivity contribution in [2.24, 2.45) is 4.99 Å². The zero-order chi connectivity index (χ0) is 17.9. The smallest absolute Gasteiger partial charge is 0.191 e. The van der Waals surface area contributed by atoms with Gasteiger partial charge in [0, 0.05) is 25.7 Å². The van der Waals surface area contributed by atoms with Crippen molar-refractivity contribution in [1.29, 1.82) is 0 Å². The Bertz CT molecular complexity index is 498. The molecule has 5 heteroatoms. The SMILES string of the molecule is CCCN1CCC(NC(=NCC(C)Oc2ccccc2)NCC)CC1. The summed E-state index contributed by atoms with van der Waals surface area (Å²) < 4.78 is 5.90. The molecule has 0 amide bonds. The average molecular weight is 347 g/mol. The van der Waals surface area contributed by atoms with Gasteiger partial charge in [-0.05, 0) is 51.8 Å². The van der Waals surface area contributed by atoms with Crippen molar-refractivity contribution >= 4 is 5.96 Å².